The zero-order valence-electron chi connectivity index (χ0n) is 17.3. The van der Waals surface area contributed by atoms with Gasteiger partial charge in [-0.15, -0.1) is 10.1 Å². The van der Waals surface area contributed by atoms with Gasteiger partial charge in [-0.1, -0.05) is 11.6 Å². The molecule has 0 aliphatic carbocycles. The van der Waals surface area contributed by atoms with Crippen LogP contribution >= 0.6 is 0 Å². The number of carbonyl (C=O) groups is 2. The number of hydrogen-bond donors (Lipinski definition) is 0. The Labute approximate surface area is 179 Å². The van der Waals surface area contributed by atoms with Gasteiger partial charge in [-0.3, -0.25) is 0 Å². The Morgan fingerprint density at radius 1 is 1.22 bits per heavy atom. The van der Waals surface area contributed by atoms with Gasteiger partial charge in [0.05, 0.1) is 12.2 Å². The van der Waals surface area contributed by atoms with Crippen molar-refractivity contribution >= 4 is 18.2 Å². The summed E-state index contributed by atoms with van der Waals surface area (Å²) in [5.74, 6) is -1.39. The van der Waals surface area contributed by atoms with Crippen molar-refractivity contribution in [1.82, 2.24) is 0 Å². The Hall–Kier alpha value is -3.51. The first kappa shape index (κ1) is 24.8. The Bertz CT molecular complexity index is 914. The highest BCUT2D eigenvalue weighted by Gasteiger charge is 2.49. The molecule has 0 saturated heterocycles. The largest absolute Gasteiger partial charge is 0.511 e. The molecule has 1 aliphatic heterocycles. The topological polar surface area (TPSA) is 123 Å². The lowest BCUT2D eigenvalue weighted by atomic mass is 9.97. The molecule has 1 aromatic rings. The number of alkyl halides is 3. The molecule has 0 amide bonds. The number of ether oxygens (including phenoxy) is 4. The average molecular weight is 463 g/mol. The molecule has 0 spiro atoms. The fourth-order valence-corrected chi connectivity index (χ4v) is 2.85. The smallest absolute Gasteiger partial charge is 0.475 e. The summed E-state index contributed by atoms with van der Waals surface area (Å²) in [5, 5.41) is 9.15. The van der Waals surface area contributed by atoms with Crippen LogP contribution in [0.4, 0.5) is 18.0 Å². The Morgan fingerprint density at radius 2 is 1.91 bits per heavy atom. The van der Waals surface area contributed by atoms with Crippen LogP contribution in [0.5, 0.6) is 5.75 Å². The zero-order valence-corrected chi connectivity index (χ0v) is 17.3. The fourth-order valence-electron chi connectivity index (χ4n) is 2.85. The lowest BCUT2D eigenvalue weighted by Gasteiger charge is -2.29. The van der Waals surface area contributed by atoms with E-state index in [0.717, 1.165) is 11.6 Å². The Kier molecular flexibility index (Phi) is 7.89. The third-order valence-electron chi connectivity index (χ3n) is 4.19. The van der Waals surface area contributed by atoms with Crippen LogP contribution in [0.15, 0.2) is 17.7 Å². The van der Waals surface area contributed by atoms with Crippen molar-refractivity contribution in [2.24, 2.45) is 0 Å². The van der Waals surface area contributed by atoms with E-state index in [2.05, 4.69) is 19.0 Å². The van der Waals surface area contributed by atoms with Crippen LogP contribution in [0.3, 0.4) is 0 Å². The fraction of sp³-hybridized carbons (Fsp3) is 0.474. The van der Waals surface area contributed by atoms with Crippen LogP contribution in [0.1, 0.15) is 30.0 Å². The number of halogens is 3. The van der Waals surface area contributed by atoms with Gasteiger partial charge in [0.2, 0.25) is 12.9 Å². The number of fused-ring (bicyclic) bond motifs is 1. The number of esters is 1. The summed E-state index contributed by atoms with van der Waals surface area (Å²) in [6, 6.07) is 3.20. The van der Waals surface area contributed by atoms with E-state index in [9.17, 15) is 32.9 Å². The molecule has 1 aliphatic rings. The minimum absolute atomic E-state index is 0.00425. The molecular formula is C19H20F3NO9. The molecule has 0 fully saturated rings. The molecule has 1 aromatic carbocycles. The van der Waals surface area contributed by atoms with E-state index in [1.165, 1.54) is 6.92 Å². The van der Waals surface area contributed by atoms with Crippen LogP contribution in [-0.2, 0) is 23.8 Å². The van der Waals surface area contributed by atoms with E-state index in [0.29, 0.717) is 5.56 Å². The molecule has 0 N–H and O–H groups in total. The first-order valence-electron chi connectivity index (χ1n) is 9.22. The second-order valence-corrected chi connectivity index (χ2v) is 6.86. The molecule has 10 nitrogen and oxygen atoms in total. The second kappa shape index (κ2) is 10.2. The van der Waals surface area contributed by atoms with Gasteiger partial charge in [0.1, 0.15) is 11.9 Å². The van der Waals surface area contributed by atoms with Gasteiger partial charge in [0.25, 0.3) is 5.09 Å². The highest BCUT2D eigenvalue weighted by Crippen LogP contribution is 2.39. The summed E-state index contributed by atoms with van der Waals surface area (Å²) >= 11 is 0. The minimum atomic E-state index is -4.90. The van der Waals surface area contributed by atoms with E-state index < -0.39 is 48.0 Å². The summed E-state index contributed by atoms with van der Waals surface area (Å²) in [6.45, 7) is 3.38. The van der Waals surface area contributed by atoms with Crippen LogP contribution in [0.2, 0.25) is 0 Å². The third kappa shape index (κ3) is 6.75. The normalized spacial score (nSPS) is 16.1. The minimum Gasteiger partial charge on any atom is -0.475 e. The van der Waals surface area contributed by atoms with Gasteiger partial charge in [-0.2, -0.15) is 13.2 Å². The molecule has 1 heterocycles. The molecule has 176 valence electrons. The number of rotatable bonds is 8. The summed E-state index contributed by atoms with van der Waals surface area (Å²) in [5.41, 5.74) is 0.698. The van der Waals surface area contributed by atoms with Gasteiger partial charge in [0, 0.05) is 12.0 Å². The monoisotopic (exact) mass is 463 g/mol. The Morgan fingerprint density at radius 3 is 2.53 bits per heavy atom. The maximum absolute atomic E-state index is 13.5. The molecule has 0 radical (unpaired) electrons. The highest BCUT2D eigenvalue weighted by atomic mass is 19.4. The van der Waals surface area contributed by atoms with E-state index >= 15 is 0 Å². The molecule has 1 unspecified atom stereocenters. The molecule has 13 heteroatoms. The predicted octanol–water partition coefficient (Wildman–Crippen LogP) is 3.65. The quantitative estimate of drug-likeness (QED) is 0.246. The number of hydrogen-bond acceptors (Lipinski definition) is 9. The first-order chi connectivity index (χ1) is 14.9. The molecule has 0 aromatic heterocycles. The zero-order chi connectivity index (χ0) is 24.1. The van der Waals surface area contributed by atoms with Gasteiger partial charge in [-0.05, 0) is 38.5 Å². The number of benzene rings is 1. The van der Waals surface area contributed by atoms with Crippen molar-refractivity contribution in [3.63, 3.8) is 0 Å². The van der Waals surface area contributed by atoms with Crippen molar-refractivity contribution in [1.29, 1.82) is 0 Å². The van der Waals surface area contributed by atoms with Crippen LogP contribution in [0, 0.1) is 24.0 Å². The van der Waals surface area contributed by atoms with Crippen molar-refractivity contribution in [2.45, 2.75) is 45.6 Å². The lowest BCUT2D eigenvalue weighted by Crippen LogP contribution is -2.41. The lowest BCUT2D eigenvalue weighted by molar-refractivity contribution is -0.767. The Balaban J connectivity index is 1.96. The molecule has 0 saturated carbocycles. The molecule has 0 bridgehead atoms. The molecule has 2 atom stereocenters. The van der Waals surface area contributed by atoms with Gasteiger partial charge >= 0.3 is 18.3 Å². The van der Waals surface area contributed by atoms with E-state index in [-0.39, 0.29) is 24.3 Å². The molecule has 32 heavy (non-hydrogen) atoms. The highest BCUT2D eigenvalue weighted by molar-refractivity contribution is 5.96. The van der Waals surface area contributed by atoms with Gasteiger partial charge in [-0.25, -0.2) is 9.59 Å². The van der Waals surface area contributed by atoms with Crippen LogP contribution in [0.25, 0.3) is 6.08 Å². The average Bonchev–Trinajstić information content (AvgIpc) is 2.65. The van der Waals surface area contributed by atoms with Crippen LogP contribution < -0.4 is 4.74 Å². The van der Waals surface area contributed by atoms with Gasteiger partial charge in [0.15, 0.2) is 0 Å². The molecule has 2 rings (SSSR count). The van der Waals surface area contributed by atoms with E-state index in [1.54, 1.807) is 26.0 Å². The number of aryl methyl sites for hydroxylation is 2. The summed E-state index contributed by atoms with van der Waals surface area (Å²) in [6.07, 6.45) is -8.59. The van der Waals surface area contributed by atoms with Crippen molar-refractivity contribution in [3.05, 3.63) is 44.5 Å². The van der Waals surface area contributed by atoms with Crippen molar-refractivity contribution < 1.29 is 51.6 Å². The first-order valence-corrected chi connectivity index (χ1v) is 9.22. The summed E-state index contributed by atoms with van der Waals surface area (Å²) in [7, 11) is 0. The van der Waals surface area contributed by atoms with Crippen molar-refractivity contribution in [2.75, 3.05) is 13.4 Å². The van der Waals surface area contributed by atoms with E-state index in [1.807, 2.05) is 0 Å². The standard InChI is InChI=1S/C19H20F3NO9/c1-10-6-11(2)15-13(7-10)8-14(16(31-15)19(20,21)22)17(24)29-9-30-18(25)28-5-4-12(3)32-23(26)27/h6-8,12,16H,4-5,9H2,1-3H3/t12?,16-/m0/s1. The molecular weight excluding hydrogens is 443 g/mol. The summed E-state index contributed by atoms with van der Waals surface area (Å²) < 4.78 is 59.1. The van der Waals surface area contributed by atoms with E-state index in [4.69, 9.17) is 4.74 Å². The van der Waals surface area contributed by atoms with Gasteiger partial charge < -0.3 is 23.8 Å². The number of carbonyl (C=O) groups excluding carboxylic acids is 2. The summed E-state index contributed by atoms with van der Waals surface area (Å²) in [4.78, 5) is 38.0. The maximum atomic E-state index is 13.5. The SMILES string of the molecule is Cc1cc(C)c2c(c1)C=C(C(=O)OCOC(=O)OCCC(C)O[N+](=O)[O-])[C@@H](C(F)(F)F)O2. The van der Waals surface area contributed by atoms with Crippen molar-refractivity contribution in [3.8, 4) is 5.75 Å². The number of nitrogens with zero attached hydrogens (tertiary/aromatic N) is 1. The van der Waals surface area contributed by atoms with Crippen LogP contribution in [-0.4, -0.2) is 49.0 Å². The third-order valence-corrected chi connectivity index (χ3v) is 4.19. The predicted molar refractivity (Wildman–Crippen MR) is 99.9 cm³/mol. The second-order valence-electron chi connectivity index (χ2n) is 6.86. The maximum Gasteiger partial charge on any atom is 0.511 e.